The van der Waals surface area contributed by atoms with Crippen LogP contribution in [-0.4, -0.2) is 46.2 Å². The van der Waals surface area contributed by atoms with E-state index in [1.807, 2.05) is 14.1 Å². The average Bonchev–Trinajstić information content (AvgIpc) is 2.79. The van der Waals surface area contributed by atoms with Crippen LogP contribution in [0.3, 0.4) is 0 Å². The van der Waals surface area contributed by atoms with Crippen molar-refractivity contribution in [1.29, 1.82) is 0 Å². The van der Waals surface area contributed by atoms with Gasteiger partial charge in [-0.3, -0.25) is 4.79 Å². The van der Waals surface area contributed by atoms with Crippen molar-refractivity contribution < 1.29 is 9.90 Å². The molecule has 2 rings (SSSR count). The number of likely N-dealkylation sites (N-methyl/N-ethyl adjacent to an activating group) is 1. The predicted molar refractivity (Wildman–Crippen MR) is 83.6 cm³/mol. The molecule has 0 aliphatic carbocycles. The minimum Gasteiger partial charge on any atom is -0.481 e. The van der Waals surface area contributed by atoms with Gasteiger partial charge in [0.1, 0.15) is 5.82 Å². The Hall–Kier alpha value is -1.88. The Labute approximate surface area is 125 Å². The molecule has 1 N–H and O–H groups in total. The van der Waals surface area contributed by atoms with Gasteiger partial charge in [-0.2, -0.15) is 0 Å². The molecule has 0 aliphatic rings. The Kier molecular flexibility index (Phi) is 4.96. The van der Waals surface area contributed by atoms with E-state index >= 15 is 0 Å². The van der Waals surface area contributed by atoms with Gasteiger partial charge in [-0.1, -0.05) is 13.0 Å². The molecule has 5 nitrogen and oxygen atoms in total. The number of fused-ring (bicyclic) bond motifs is 1. The third kappa shape index (κ3) is 3.82. The second kappa shape index (κ2) is 6.72. The standard InChI is InChI=1S/C16H23N3O2/c1-4-12-5-6-14-13(11-12)17-15(7-8-16(20)21)19(14)10-9-18(2)3/h5-6,11H,4,7-10H2,1-3H3,(H,20,21). The quantitative estimate of drug-likeness (QED) is 0.848. The Morgan fingerprint density at radius 1 is 1.38 bits per heavy atom. The van der Waals surface area contributed by atoms with Crippen molar-refractivity contribution in [2.45, 2.75) is 32.7 Å². The lowest BCUT2D eigenvalue weighted by atomic mass is 10.1. The lowest BCUT2D eigenvalue weighted by molar-refractivity contribution is -0.137. The second-order valence-electron chi connectivity index (χ2n) is 5.55. The molecule has 0 fully saturated rings. The summed E-state index contributed by atoms with van der Waals surface area (Å²) < 4.78 is 2.15. The van der Waals surface area contributed by atoms with E-state index in [0.29, 0.717) is 6.42 Å². The largest absolute Gasteiger partial charge is 0.481 e. The Morgan fingerprint density at radius 3 is 2.76 bits per heavy atom. The number of nitrogens with zero attached hydrogens (tertiary/aromatic N) is 3. The van der Waals surface area contributed by atoms with Crippen LogP contribution < -0.4 is 0 Å². The number of imidazole rings is 1. The fourth-order valence-electron chi connectivity index (χ4n) is 2.40. The van der Waals surface area contributed by atoms with Crippen molar-refractivity contribution in [1.82, 2.24) is 14.5 Å². The normalized spacial score (nSPS) is 11.4. The number of aryl methyl sites for hydroxylation is 2. The maximum absolute atomic E-state index is 10.8. The van der Waals surface area contributed by atoms with Crippen LogP contribution in [0, 0.1) is 0 Å². The molecule has 0 radical (unpaired) electrons. The topological polar surface area (TPSA) is 58.4 Å². The Bertz CT molecular complexity index is 632. The van der Waals surface area contributed by atoms with Gasteiger partial charge in [0.2, 0.25) is 0 Å². The summed E-state index contributed by atoms with van der Waals surface area (Å²) in [5.74, 6) is 0.0814. The third-order valence-corrected chi connectivity index (χ3v) is 3.63. The number of aromatic nitrogens is 2. The maximum atomic E-state index is 10.8. The van der Waals surface area contributed by atoms with Crippen LogP contribution in [0.4, 0.5) is 0 Å². The summed E-state index contributed by atoms with van der Waals surface area (Å²) in [5, 5.41) is 8.90. The van der Waals surface area contributed by atoms with Crippen LogP contribution in [0.25, 0.3) is 11.0 Å². The zero-order chi connectivity index (χ0) is 15.4. The molecular weight excluding hydrogens is 266 g/mol. The lowest BCUT2D eigenvalue weighted by Crippen LogP contribution is -2.19. The van der Waals surface area contributed by atoms with Gasteiger partial charge in [-0.15, -0.1) is 0 Å². The van der Waals surface area contributed by atoms with Gasteiger partial charge >= 0.3 is 5.97 Å². The monoisotopic (exact) mass is 289 g/mol. The number of rotatable bonds is 7. The number of hydrogen-bond acceptors (Lipinski definition) is 3. The number of hydrogen-bond donors (Lipinski definition) is 1. The van der Waals surface area contributed by atoms with Crippen LogP contribution in [0.15, 0.2) is 18.2 Å². The first-order chi connectivity index (χ1) is 10.0. The van der Waals surface area contributed by atoms with Crippen molar-refractivity contribution in [3.8, 4) is 0 Å². The van der Waals surface area contributed by atoms with E-state index in [0.717, 1.165) is 36.4 Å². The lowest BCUT2D eigenvalue weighted by Gasteiger charge is -2.13. The fraction of sp³-hybridized carbons (Fsp3) is 0.500. The summed E-state index contributed by atoms with van der Waals surface area (Å²) >= 11 is 0. The van der Waals surface area contributed by atoms with Gasteiger partial charge in [0.25, 0.3) is 0 Å². The van der Waals surface area contributed by atoms with Crippen LogP contribution in [0.2, 0.25) is 0 Å². The molecule has 0 spiro atoms. The van der Waals surface area contributed by atoms with Gasteiger partial charge in [0.15, 0.2) is 0 Å². The van der Waals surface area contributed by atoms with E-state index in [9.17, 15) is 4.79 Å². The van der Waals surface area contributed by atoms with E-state index in [1.54, 1.807) is 0 Å². The van der Waals surface area contributed by atoms with Crippen molar-refractivity contribution in [2.75, 3.05) is 20.6 Å². The second-order valence-corrected chi connectivity index (χ2v) is 5.55. The van der Waals surface area contributed by atoms with E-state index in [1.165, 1.54) is 5.56 Å². The van der Waals surface area contributed by atoms with Crippen molar-refractivity contribution >= 4 is 17.0 Å². The molecule has 114 valence electrons. The molecule has 0 saturated heterocycles. The average molecular weight is 289 g/mol. The van der Waals surface area contributed by atoms with Crippen molar-refractivity contribution in [3.05, 3.63) is 29.6 Å². The molecule has 0 amide bonds. The Balaban J connectivity index is 2.37. The third-order valence-electron chi connectivity index (χ3n) is 3.63. The number of aliphatic carboxylic acids is 1. The molecular formula is C16H23N3O2. The molecule has 0 saturated carbocycles. The van der Waals surface area contributed by atoms with Crippen LogP contribution in [-0.2, 0) is 24.2 Å². The predicted octanol–water partition coefficient (Wildman–Crippen LogP) is 2.18. The summed E-state index contributed by atoms with van der Waals surface area (Å²) in [6.07, 6.45) is 1.57. The molecule has 0 aliphatic heterocycles. The molecule has 0 bridgehead atoms. The molecule has 1 aromatic carbocycles. The maximum Gasteiger partial charge on any atom is 0.303 e. The molecule has 21 heavy (non-hydrogen) atoms. The number of carboxylic acids is 1. The van der Waals surface area contributed by atoms with Gasteiger partial charge in [0, 0.05) is 19.5 Å². The van der Waals surface area contributed by atoms with E-state index in [2.05, 4.69) is 39.6 Å². The number of benzene rings is 1. The summed E-state index contributed by atoms with van der Waals surface area (Å²) in [5.41, 5.74) is 3.31. The minimum absolute atomic E-state index is 0.117. The highest BCUT2D eigenvalue weighted by molar-refractivity contribution is 5.77. The fourth-order valence-corrected chi connectivity index (χ4v) is 2.40. The van der Waals surface area contributed by atoms with Gasteiger partial charge < -0.3 is 14.6 Å². The minimum atomic E-state index is -0.782. The van der Waals surface area contributed by atoms with Crippen LogP contribution in [0.5, 0.6) is 0 Å². The van der Waals surface area contributed by atoms with Crippen molar-refractivity contribution in [3.63, 3.8) is 0 Å². The highest BCUT2D eigenvalue weighted by Crippen LogP contribution is 2.19. The van der Waals surface area contributed by atoms with Gasteiger partial charge in [-0.25, -0.2) is 4.98 Å². The molecule has 0 atom stereocenters. The van der Waals surface area contributed by atoms with Crippen molar-refractivity contribution in [2.24, 2.45) is 0 Å². The van der Waals surface area contributed by atoms with Gasteiger partial charge in [-0.05, 0) is 38.2 Å². The summed E-state index contributed by atoms with van der Waals surface area (Å²) in [6.45, 7) is 3.85. The zero-order valence-electron chi connectivity index (χ0n) is 13.0. The van der Waals surface area contributed by atoms with Crippen LogP contribution in [0.1, 0.15) is 24.7 Å². The van der Waals surface area contributed by atoms with E-state index in [-0.39, 0.29) is 6.42 Å². The van der Waals surface area contributed by atoms with E-state index < -0.39 is 5.97 Å². The number of carboxylic acid groups (broad SMARTS) is 1. The first kappa shape index (κ1) is 15.5. The summed E-state index contributed by atoms with van der Waals surface area (Å²) in [6, 6.07) is 6.32. The number of carbonyl (C=O) groups is 1. The molecule has 2 aromatic rings. The van der Waals surface area contributed by atoms with Gasteiger partial charge in [0.05, 0.1) is 17.5 Å². The highest BCUT2D eigenvalue weighted by Gasteiger charge is 2.12. The molecule has 5 heteroatoms. The van der Waals surface area contributed by atoms with Crippen LogP contribution >= 0.6 is 0 Å². The van der Waals surface area contributed by atoms with E-state index in [4.69, 9.17) is 5.11 Å². The summed E-state index contributed by atoms with van der Waals surface area (Å²) in [4.78, 5) is 17.6. The Morgan fingerprint density at radius 2 is 2.14 bits per heavy atom. The highest BCUT2D eigenvalue weighted by atomic mass is 16.4. The SMILES string of the molecule is CCc1ccc2c(c1)nc(CCC(=O)O)n2CCN(C)C. The molecule has 1 heterocycles. The molecule has 1 aromatic heterocycles. The first-order valence-electron chi connectivity index (χ1n) is 7.35. The first-order valence-corrected chi connectivity index (χ1v) is 7.35. The zero-order valence-corrected chi connectivity index (χ0v) is 13.0. The summed E-state index contributed by atoms with van der Waals surface area (Å²) in [7, 11) is 4.07. The smallest absolute Gasteiger partial charge is 0.303 e. The molecule has 0 unspecified atom stereocenters.